The van der Waals surface area contributed by atoms with Crippen molar-refractivity contribution in [3.63, 3.8) is 0 Å². The van der Waals surface area contributed by atoms with Crippen molar-refractivity contribution in [2.75, 3.05) is 6.54 Å². The Morgan fingerprint density at radius 1 is 1.04 bits per heavy atom. The second-order valence-corrected chi connectivity index (χ2v) is 9.81. The lowest BCUT2D eigenvalue weighted by molar-refractivity contribution is -0.148. The number of fused-ring (bicyclic) bond motifs is 2. The van der Waals surface area contributed by atoms with Gasteiger partial charge in [-0.15, -0.1) is 0 Å². The normalized spacial score (nSPS) is 52.1. The highest BCUT2D eigenvalue weighted by Crippen LogP contribution is 2.57. The number of rotatable bonds is 2. The quantitative estimate of drug-likeness (QED) is 0.695. The van der Waals surface area contributed by atoms with E-state index >= 15 is 0 Å². The molecule has 5 heteroatoms. The van der Waals surface area contributed by atoms with Gasteiger partial charge in [-0.25, -0.2) is 0 Å². The molecule has 0 aromatic carbocycles. The van der Waals surface area contributed by atoms with Crippen LogP contribution in [0.2, 0.25) is 0 Å². The molecular weight excluding hydrogens is 342 g/mol. The zero-order valence-electron chi connectivity index (χ0n) is 16.8. The third-order valence-corrected chi connectivity index (χ3v) is 8.61. The van der Waals surface area contributed by atoms with E-state index in [1.165, 1.54) is 19.3 Å². The van der Waals surface area contributed by atoms with Crippen molar-refractivity contribution in [1.29, 1.82) is 0 Å². The summed E-state index contributed by atoms with van der Waals surface area (Å²) in [5.41, 5.74) is 0. The highest BCUT2D eigenvalue weighted by molar-refractivity contribution is 5.75. The molecule has 0 aromatic rings. The molecule has 5 nitrogen and oxygen atoms in total. The van der Waals surface area contributed by atoms with E-state index in [4.69, 9.17) is 9.47 Å². The summed E-state index contributed by atoms with van der Waals surface area (Å²) >= 11 is 0. The molecule has 4 heterocycles. The van der Waals surface area contributed by atoms with Crippen LogP contribution in [0.4, 0.5) is 0 Å². The SMILES string of the molecule is CC[C@@H]1[C@@H]2CCCCN3[C@@H]2[C@H](C[C@H]3[C@@H]2C[C@H](C)C(=O)O2)[C@H]2[C@H]1OC(=O)[C@H]2C. The van der Waals surface area contributed by atoms with Crippen molar-refractivity contribution in [2.24, 2.45) is 35.5 Å². The van der Waals surface area contributed by atoms with Crippen molar-refractivity contribution in [2.45, 2.75) is 83.6 Å². The third-order valence-electron chi connectivity index (χ3n) is 8.61. The fourth-order valence-corrected chi connectivity index (χ4v) is 7.48. The molecule has 0 unspecified atom stereocenters. The van der Waals surface area contributed by atoms with E-state index in [0.29, 0.717) is 35.8 Å². The number of nitrogens with zero attached hydrogens (tertiary/aromatic N) is 1. The average molecular weight is 376 g/mol. The van der Waals surface area contributed by atoms with Gasteiger partial charge in [0, 0.05) is 23.9 Å². The van der Waals surface area contributed by atoms with E-state index in [0.717, 1.165) is 25.8 Å². The molecule has 0 spiro atoms. The maximum atomic E-state index is 12.5. The number of cyclic esters (lactones) is 1. The number of carbonyl (C=O) groups excluding carboxylic acids is 2. The number of hydrogen-bond donors (Lipinski definition) is 0. The molecular formula is C22H33NO4. The van der Waals surface area contributed by atoms with Crippen LogP contribution >= 0.6 is 0 Å². The van der Waals surface area contributed by atoms with E-state index in [1.54, 1.807) is 0 Å². The lowest BCUT2D eigenvalue weighted by Crippen LogP contribution is -2.54. The molecule has 5 aliphatic rings. The van der Waals surface area contributed by atoms with Crippen LogP contribution in [0.3, 0.4) is 0 Å². The van der Waals surface area contributed by atoms with Crippen LogP contribution in [0.1, 0.15) is 59.3 Å². The Morgan fingerprint density at radius 2 is 1.85 bits per heavy atom. The molecule has 0 aromatic heterocycles. The van der Waals surface area contributed by atoms with Gasteiger partial charge in [-0.2, -0.15) is 0 Å². The Kier molecular flexibility index (Phi) is 4.30. The third kappa shape index (κ3) is 2.53. The molecule has 4 aliphatic heterocycles. The van der Waals surface area contributed by atoms with E-state index in [2.05, 4.69) is 18.7 Å². The van der Waals surface area contributed by atoms with Gasteiger partial charge in [0.25, 0.3) is 0 Å². The number of ether oxygens (including phenoxy) is 2. The smallest absolute Gasteiger partial charge is 0.309 e. The molecule has 0 radical (unpaired) electrons. The molecule has 10 atom stereocenters. The molecule has 5 fully saturated rings. The predicted molar refractivity (Wildman–Crippen MR) is 99.7 cm³/mol. The summed E-state index contributed by atoms with van der Waals surface area (Å²) in [6.07, 6.45) is 6.87. The van der Waals surface area contributed by atoms with Crippen molar-refractivity contribution < 1.29 is 19.1 Å². The number of hydrogen-bond acceptors (Lipinski definition) is 5. The summed E-state index contributed by atoms with van der Waals surface area (Å²) in [7, 11) is 0. The second kappa shape index (κ2) is 6.47. The fraction of sp³-hybridized carbons (Fsp3) is 0.909. The van der Waals surface area contributed by atoms with Crippen LogP contribution in [0.25, 0.3) is 0 Å². The number of carbonyl (C=O) groups is 2. The molecule has 1 aliphatic carbocycles. The van der Waals surface area contributed by atoms with Crippen LogP contribution in [0, 0.1) is 35.5 Å². The van der Waals surface area contributed by atoms with Gasteiger partial charge >= 0.3 is 11.9 Å². The minimum Gasteiger partial charge on any atom is -0.462 e. The molecule has 0 amide bonds. The summed E-state index contributed by atoms with van der Waals surface area (Å²) in [6, 6.07) is 0.865. The minimum atomic E-state index is -0.0294. The van der Waals surface area contributed by atoms with Gasteiger partial charge in [0.1, 0.15) is 12.2 Å². The van der Waals surface area contributed by atoms with Crippen LogP contribution in [0.15, 0.2) is 0 Å². The minimum absolute atomic E-state index is 0.00362. The first kappa shape index (κ1) is 18.0. The highest BCUT2D eigenvalue weighted by atomic mass is 16.6. The zero-order chi connectivity index (χ0) is 18.9. The summed E-state index contributed by atoms with van der Waals surface area (Å²) < 4.78 is 11.8. The van der Waals surface area contributed by atoms with Crippen molar-refractivity contribution in [3.8, 4) is 0 Å². The molecule has 0 N–H and O–H groups in total. The molecule has 150 valence electrons. The topological polar surface area (TPSA) is 55.8 Å². The van der Waals surface area contributed by atoms with Crippen LogP contribution in [-0.2, 0) is 19.1 Å². The van der Waals surface area contributed by atoms with Gasteiger partial charge in [-0.1, -0.05) is 27.2 Å². The second-order valence-electron chi connectivity index (χ2n) is 9.81. The number of esters is 2. The van der Waals surface area contributed by atoms with Gasteiger partial charge in [0.2, 0.25) is 0 Å². The Hall–Kier alpha value is -1.10. The van der Waals surface area contributed by atoms with E-state index in [9.17, 15) is 9.59 Å². The first-order chi connectivity index (χ1) is 13.0. The van der Waals surface area contributed by atoms with Gasteiger partial charge < -0.3 is 9.47 Å². The summed E-state index contributed by atoms with van der Waals surface area (Å²) in [6.45, 7) is 7.44. The molecule has 27 heavy (non-hydrogen) atoms. The monoisotopic (exact) mass is 375 g/mol. The molecule has 4 saturated heterocycles. The predicted octanol–water partition coefficient (Wildman–Crippen LogP) is 3.01. The van der Waals surface area contributed by atoms with Crippen molar-refractivity contribution in [3.05, 3.63) is 0 Å². The summed E-state index contributed by atoms with van der Waals surface area (Å²) in [4.78, 5) is 27.3. The lowest BCUT2D eigenvalue weighted by atomic mass is 9.60. The Bertz CT molecular complexity index is 636. The van der Waals surface area contributed by atoms with Crippen LogP contribution < -0.4 is 0 Å². The van der Waals surface area contributed by atoms with Crippen LogP contribution in [-0.4, -0.2) is 47.7 Å². The van der Waals surface area contributed by atoms with E-state index in [-0.39, 0.29) is 36.0 Å². The molecule has 1 saturated carbocycles. The fourth-order valence-electron chi connectivity index (χ4n) is 7.48. The summed E-state index contributed by atoms with van der Waals surface area (Å²) in [5, 5.41) is 0. The van der Waals surface area contributed by atoms with Gasteiger partial charge in [0.05, 0.1) is 11.8 Å². The highest BCUT2D eigenvalue weighted by Gasteiger charge is 2.63. The van der Waals surface area contributed by atoms with Crippen LogP contribution in [0.5, 0.6) is 0 Å². The summed E-state index contributed by atoms with van der Waals surface area (Å²) in [5.74, 6) is 1.94. The van der Waals surface area contributed by atoms with E-state index < -0.39 is 0 Å². The zero-order valence-corrected chi connectivity index (χ0v) is 16.8. The standard InChI is InChI=1S/C22H33NO4/c1-4-13-14-7-5-6-8-23-16(17-9-11(2)21(24)26-17)10-15(19(14)23)18-12(3)22(25)27-20(13)18/h11-20H,4-10H2,1-3H3/t11-,12-,13+,14-,15+,16-,17-,18-,19-,20-/m0/s1. The Balaban J connectivity index is 1.51. The average Bonchev–Trinajstić information content (AvgIpc) is 3.20. The van der Waals surface area contributed by atoms with Gasteiger partial charge in [-0.05, 0) is 50.5 Å². The Morgan fingerprint density at radius 3 is 2.56 bits per heavy atom. The molecule has 0 bridgehead atoms. The lowest BCUT2D eigenvalue weighted by Gasteiger charge is -2.48. The van der Waals surface area contributed by atoms with E-state index in [1.807, 2.05) is 6.92 Å². The molecule has 5 rings (SSSR count). The maximum Gasteiger partial charge on any atom is 0.309 e. The van der Waals surface area contributed by atoms with Crippen molar-refractivity contribution in [1.82, 2.24) is 4.90 Å². The van der Waals surface area contributed by atoms with Crippen molar-refractivity contribution >= 4 is 11.9 Å². The Labute approximate surface area is 162 Å². The maximum absolute atomic E-state index is 12.5. The first-order valence-electron chi connectivity index (χ1n) is 11.2. The largest absolute Gasteiger partial charge is 0.462 e. The first-order valence-corrected chi connectivity index (χ1v) is 11.2. The van der Waals surface area contributed by atoms with Gasteiger partial charge in [-0.3, -0.25) is 14.5 Å². The van der Waals surface area contributed by atoms with Gasteiger partial charge in [0.15, 0.2) is 0 Å².